The van der Waals surface area contributed by atoms with Gasteiger partial charge in [0, 0.05) is 10.9 Å². The topological polar surface area (TPSA) is 67.4 Å². The van der Waals surface area contributed by atoms with Gasteiger partial charge in [0.25, 0.3) is 0 Å². The van der Waals surface area contributed by atoms with E-state index in [2.05, 4.69) is 17.6 Å². The summed E-state index contributed by atoms with van der Waals surface area (Å²) in [5.41, 5.74) is 2.93. The number of amides is 1. The van der Waals surface area contributed by atoms with Gasteiger partial charge >= 0.3 is 5.97 Å². The number of rotatable bonds is 9. The molecule has 1 atom stereocenters. The normalized spacial score (nSPS) is 11.7. The SMILES string of the molecule is CCCN[C@H](C(=O)Nc1scc(-c2ccccc2)c1C(=O)OCC)c1ccccc1. The van der Waals surface area contributed by atoms with Crippen LogP contribution in [0.4, 0.5) is 5.00 Å². The van der Waals surface area contributed by atoms with Gasteiger partial charge in [0.05, 0.1) is 6.61 Å². The molecule has 30 heavy (non-hydrogen) atoms. The first-order valence-corrected chi connectivity index (χ1v) is 11.0. The zero-order valence-electron chi connectivity index (χ0n) is 17.2. The largest absolute Gasteiger partial charge is 0.462 e. The quantitative estimate of drug-likeness (QED) is 0.461. The third-order valence-electron chi connectivity index (χ3n) is 4.59. The van der Waals surface area contributed by atoms with Crippen molar-refractivity contribution < 1.29 is 14.3 Å². The Morgan fingerprint density at radius 3 is 2.30 bits per heavy atom. The second-order valence-corrected chi connectivity index (χ2v) is 7.61. The van der Waals surface area contributed by atoms with Gasteiger partial charge < -0.3 is 15.4 Å². The molecule has 2 aromatic carbocycles. The van der Waals surface area contributed by atoms with Gasteiger partial charge in [-0.1, -0.05) is 67.6 Å². The summed E-state index contributed by atoms with van der Waals surface area (Å²) >= 11 is 1.33. The highest BCUT2D eigenvalue weighted by atomic mass is 32.1. The molecule has 0 spiro atoms. The van der Waals surface area contributed by atoms with Crippen LogP contribution in [-0.4, -0.2) is 25.0 Å². The monoisotopic (exact) mass is 422 g/mol. The third-order valence-corrected chi connectivity index (χ3v) is 5.48. The van der Waals surface area contributed by atoms with Crippen LogP contribution in [0.5, 0.6) is 0 Å². The van der Waals surface area contributed by atoms with Crippen molar-refractivity contribution in [1.29, 1.82) is 0 Å². The van der Waals surface area contributed by atoms with Gasteiger partial charge in [-0.3, -0.25) is 4.79 Å². The van der Waals surface area contributed by atoms with E-state index >= 15 is 0 Å². The molecule has 1 amide bonds. The molecule has 2 N–H and O–H groups in total. The van der Waals surface area contributed by atoms with Crippen molar-refractivity contribution in [2.75, 3.05) is 18.5 Å². The Balaban J connectivity index is 1.93. The number of hydrogen-bond donors (Lipinski definition) is 2. The van der Waals surface area contributed by atoms with E-state index in [1.165, 1.54) is 11.3 Å². The molecule has 0 saturated heterocycles. The summed E-state index contributed by atoms with van der Waals surface area (Å²) in [6, 6.07) is 18.7. The molecule has 5 nitrogen and oxygen atoms in total. The Labute approximate surface area is 181 Å². The number of benzene rings is 2. The molecule has 0 aliphatic carbocycles. The lowest BCUT2D eigenvalue weighted by Gasteiger charge is -2.18. The highest BCUT2D eigenvalue weighted by molar-refractivity contribution is 7.15. The van der Waals surface area contributed by atoms with Crippen LogP contribution < -0.4 is 10.6 Å². The number of hydrogen-bond acceptors (Lipinski definition) is 5. The fourth-order valence-corrected chi connectivity index (χ4v) is 4.13. The van der Waals surface area contributed by atoms with E-state index in [4.69, 9.17) is 4.74 Å². The molecule has 3 aromatic rings. The van der Waals surface area contributed by atoms with E-state index in [0.29, 0.717) is 17.1 Å². The lowest BCUT2D eigenvalue weighted by atomic mass is 10.0. The summed E-state index contributed by atoms with van der Waals surface area (Å²) in [5, 5.41) is 8.64. The lowest BCUT2D eigenvalue weighted by molar-refractivity contribution is -0.118. The molecule has 0 bridgehead atoms. The van der Waals surface area contributed by atoms with Crippen molar-refractivity contribution in [2.45, 2.75) is 26.3 Å². The molecule has 0 saturated carbocycles. The van der Waals surface area contributed by atoms with Gasteiger partial charge in [-0.2, -0.15) is 0 Å². The Bertz CT molecular complexity index is 971. The molecule has 0 aliphatic heterocycles. The molecule has 3 rings (SSSR count). The Hall–Kier alpha value is -2.96. The number of esters is 1. The van der Waals surface area contributed by atoms with Crippen molar-refractivity contribution in [2.24, 2.45) is 0 Å². The highest BCUT2D eigenvalue weighted by Gasteiger charge is 2.26. The second kappa shape index (κ2) is 10.7. The van der Waals surface area contributed by atoms with Gasteiger partial charge in [0.2, 0.25) is 5.91 Å². The summed E-state index contributed by atoms with van der Waals surface area (Å²) in [7, 11) is 0. The molecular formula is C24H26N2O3S. The number of thiophene rings is 1. The van der Waals surface area contributed by atoms with Crippen LogP contribution in [0.3, 0.4) is 0 Å². The zero-order chi connectivity index (χ0) is 21.3. The zero-order valence-corrected chi connectivity index (χ0v) is 18.0. The molecule has 156 valence electrons. The lowest BCUT2D eigenvalue weighted by Crippen LogP contribution is -2.33. The minimum absolute atomic E-state index is 0.207. The van der Waals surface area contributed by atoms with Crippen LogP contribution in [0.1, 0.15) is 42.2 Å². The first-order chi connectivity index (χ1) is 14.7. The van der Waals surface area contributed by atoms with Gasteiger partial charge in [-0.05, 0) is 31.0 Å². The van der Waals surface area contributed by atoms with E-state index < -0.39 is 12.0 Å². The Morgan fingerprint density at radius 1 is 1.00 bits per heavy atom. The number of anilines is 1. The number of carbonyl (C=O) groups is 2. The van der Waals surface area contributed by atoms with E-state index in [1.54, 1.807) is 6.92 Å². The van der Waals surface area contributed by atoms with E-state index in [-0.39, 0.29) is 12.5 Å². The summed E-state index contributed by atoms with van der Waals surface area (Å²) in [4.78, 5) is 25.9. The smallest absolute Gasteiger partial charge is 0.341 e. The predicted octanol–water partition coefficient (Wildman–Crippen LogP) is 5.27. The maximum atomic E-state index is 13.2. The van der Waals surface area contributed by atoms with Crippen LogP contribution in [0.25, 0.3) is 11.1 Å². The van der Waals surface area contributed by atoms with Gasteiger partial charge in [0.1, 0.15) is 16.6 Å². The summed E-state index contributed by atoms with van der Waals surface area (Å²) in [6.07, 6.45) is 0.905. The first-order valence-electron chi connectivity index (χ1n) is 10.1. The van der Waals surface area contributed by atoms with Gasteiger partial charge in [-0.15, -0.1) is 11.3 Å². The molecule has 0 aliphatic rings. The summed E-state index contributed by atoms with van der Waals surface area (Å²) in [5.74, 6) is -0.646. The standard InChI is InChI=1S/C24H26N2O3S/c1-3-15-25-21(18-13-9-6-10-14-18)22(27)26-23-20(24(28)29-4-2)19(16-30-23)17-11-7-5-8-12-17/h5-14,16,21,25H,3-4,15H2,1-2H3,(H,26,27)/t21-/m0/s1. The van der Waals surface area contributed by atoms with Crippen molar-refractivity contribution in [3.8, 4) is 11.1 Å². The maximum Gasteiger partial charge on any atom is 0.341 e. The number of nitrogens with one attached hydrogen (secondary N) is 2. The molecular weight excluding hydrogens is 396 g/mol. The average molecular weight is 423 g/mol. The minimum atomic E-state index is -0.511. The third kappa shape index (κ3) is 5.14. The second-order valence-electron chi connectivity index (χ2n) is 6.73. The summed E-state index contributed by atoms with van der Waals surface area (Å²) in [6.45, 7) is 4.79. The van der Waals surface area contributed by atoms with Crippen molar-refractivity contribution in [3.05, 3.63) is 77.2 Å². The van der Waals surface area contributed by atoms with Gasteiger partial charge in [0.15, 0.2) is 0 Å². The van der Waals surface area contributed by atoms with Crippen molar-refractivity contribution in [1.82, 2.24) is 5.32 Å². The fourth-order valence-electron chi connectivity index (χ4n) is 3.17. The van der Waals surface area contributed by atoms with E-state index in [9.17, 15) is 9.59 Å². The number of carbonyl (C=O) groups excluding carboxylic acids is 2. The number of ether oxygens (including phenoxy) is 1. The van der Waals surface area contributed by atoms with Crippen molar-refractivity contribution in [3.63, 3.8) is 0 Å². The minimum Gasteiger partial charge on any atom is -0.462 e. The van der Waals surface area contributed by atoms with E-state index in [0.717, 1.165) is 23.1 Å². The Kier molecular flexibility index (Phi) is 7.76. The average Bonchev–Trinajstić information content (AvgIpc) is 3.19. The summed E-state index contributed by atoms with van der Waals surface area (Å²) < 4.78 is 5.28. The predicted molar refractivity (Wildman–Crippen MR) is 122 cm³/mol. The fraction of sp³-hybridized carbons (Fsp3) is 0.250. The van der Waals surface area contributed by atoms with Crippen LogP contribution >= 0.6 is 11.3 Å². The molecule has 0 radical (unpaired) electrons. The van der Waals surface area contributed by atoms with Crippen LogP contribution in [0.15, 0.2) is 66.0 Å². The molecule has 0 fully saturated rings. The van der Waals surface area contributed by atoms with Gasteiger partial charge in [-0.25, -0.2) is 4.79 Å². The Morgan fingerprint density at radius 2 is 1.67 bits per heavy atom. The molecule has 0 unspecified atom stereocenters. The molecule has 1 aromatic heterocycles. The maximum absolute atomic E-state index is 13.2. The molecule has 1 heterocycles. The van der Waals surface area contributed by atoms with Crippen LogP contribution in [0.2, 0.25) is 0 Å². The van der Waals surface area contributed by atoms with Crippen LogP contribution in [0, 0.1) is 0 Å². The van der Waals surface area contributed by atoms with Crippen LogP contribution in [-0.2, 0) is 9.53 Å². The molecule has 6 heteroatoms. The van der Waals surface area contributed by atoms with E-state index in [1.807, 2.05) is 66.0 Å². The highest BCUT2D eigenvalue weighted by Crippen LogP contribution is 2.36. The van der Waals surface area contributed by atoms with Crippen molar-refractivity contribution >= 4 is 28.2 Å². The first kappa shape index (κ1) is 21.7.